The maximum absolute atomic E-state index is 12.9. The van der Waals surface area contributed by atoms with Crippen LogP contribution in [0.2, 0.25) is 0 Å². The summed E-state index contributed by atoms with van der Waals surface area (Å²) in [4.78, 5) is 24.2. The lowest BCUT2D eigenvalue weighted by Gasteiger charge is -2.11. The van der Waals surface area contributed by atoms with E-state index in [4.69, 9.17) is 9.47 Å². The molecule has 0 unspecified atom stereocenters. The summed E-state index contributed by atoms with van der Waals surface area (Å²) >= 11 is 2.77. The Morgan fingerprint density at radius 2 is 1.86 bits per heavy atom. The summed E-state index contributed by atoms with van der Waals surface area (Å²) in [6.45, 7) is 4.11. The summed E-state index contributed by atoms with van der Waals surface area (Å²) < 4.78 is 12.6. The van der Waals surface area contributed by atoms with E-state index < -0.39 is 6.29 Å². The molecule has 0 N–H and O–H groups in total. The third-order valence-electron chi connectivity index (χ3n) is 4.30. The van der Waals surface area contributed by atoms with E-state index in [0.29, 0.717) is 33.2 Å². The quantitative estimate of drug-likeness (QED) is 0.450. The first-order valence-corrected chi connectivity index (χ1v) is 10.5. The second kappa shape index (κ2) is 7.38. The van der Waals surface area contributed by atoms with Crippen LogP contribution in [-0.2, 0) is 4.79 Å². The molecule has 0 bridgehead atoms. The summed E-state index contributed by atoms with van der Waals surface area (Å²) in [5.74, 6) is 1.17. The largest absolute Gasteiger partial charge is 0.447 e. The van der Waals surface area contributed by atoms with Crippen LogP contribution in [0, 0.1) is 0 Å². The predicted octanol–water partition coefficient (Wildman–Crippen LogP) is 4.73. The number of benzene rings is 2. The molecule has 6 nitrogen and oxygen atoms in total. The van der Waals surface area contributed by atoms with E-state index in [1.54, 1.807) is 17.1 Å². The van der Waals surface area contributed by atoms with Crippen molar-refractivity contribution in [2.75, 3.05) is 6.54 Å². The fourth-order valence-corrected chi connectivity index (χ4v) is 4.86. The summed E-state index contributed by atoms with van der Waals surface area (Å²) in [6, 6.07) is 15.3. The number of fused-ring (bicyclic) bond motifs is 2. The molecule has 2 aromatic carbocycles. The van der Waals surface area contributed by atoms with Crippen LogP contribution in [0.3, 0.4) is 0 Å². The topological polar surface area (TPSA) is 64.0 Å². The van der Waals surface area contributed by atoms with Crippen LogP contribution in [0.1, 0.15) is 0 Å². The van der Waals surface area contributed by atoms with Gasteiger partial charge in [0.1, 0.15) is 0 Å². The SMILES string of the molecule is C=CCN1C(=O)/C(=C/C2Oc3ccccc3O2)S/C1=N/c1nc2ccccc2s1. The number of amidine groups is 1. The number of aliphatic imine (C=N–C) groups is 1. The van der Waals surface area contributed by atoms with Crippen LogP contribution in [0.4, 0.5) is 5.13 Å². The normalized spacial score (nSPS) is 19.0. The summed E-state index contributed by atoms with van der Waals surface area (Å²) in [6.07, 6.45) is 2.71. The fourth-order valence-electron chi connectivity index (χ4n) is 3.00. The van der Waals surface area contributed by atoms with E-state index in [9.17, 15) is 4.79 Å². The van der Waals surface area contributed by atoms with Gasteiger partial charge < -0.3 is 9.47 Å². The molecule has 1 aromatic heterocycles. The molecule has 1 saturated heterocycles. The van der Waals surface area contributed by atoms with E-state index >= 15 is 0 Å². The zero-order valence-electron chi connectivity index (χ0n) is 15.1. The molecule has 144 valence electrons. The molecule has 1 amide bonds. The molecule has 0 aliphatic carbocycles. The van der Waals surface area contributed by atoms with Crippen LogP contribution in [-0.4, -0.2) is 33.8 Å². The van der Waals surface area contributed by atoms with Gasteiger partial charge in [0.2, 0.25) is 5.13 Å². The minimum Gasteiger partial charge on any atom is -0.447 e. The highest BCUT2D eigenvalue weighted by atomic mass is 32.2. The van der Waals surface area contributed by atoms with Crippen molar-refractivity contribution in [3.63, 3.8) is 0 Å². The monoisotopic (exact) mass is 421 g/mol. The van der Waals surface area contributed by atoms with Gasteiger partial charge in [-0.15, -0.1) is 6.58 Å². The first-order chi connectivity index (χ1) is 14.2. The number of carbonyl (C=O) groups excluding carboxylic acids is 1. The lowest BCUT2D eigenvalue weighted by Crippen LogP contribution is -2.29. The number of para-hydroxylation sites is 3. The molecule has 2 aliphatic heterocycles. The van der Waals surface area contributed by atoms with Gasteiger partial charge in [0.15, 0.2) is 16.7 Å². The van der Waals surface area contributed by atoms with E-state index in [1.165, 1.54) is 23.1 Å². The summed E-state index contributed by atoms with van der Waals surface area (Å²) in [7, 11) is 0. The van der Waals surface area contributed by atoms with Crippen molar-refractivity contribution in [2.24, 2.45) is 4.99 Å². The lowest BCUT2D eigenvalue weighted by molar-refractivity contribution is -0.122. The van der Waals surface area contributed by atoms with Gasteiger partial charge in [0.25, 0.3) is 12.2 Å². The number of carbonyl (C=O) groups is 1. The van der Waals surface area contributed by atoms with Gasteiger partial charge in [-0.05, 0) is 36.0 Å². The maximum Gasteiger partial charge on any atom is 0.266 e. The van der Waals surface area contributed by atoms with Crippen molar-refractivity contribution in [1.29, 1.82) is 0 Å². The lowest BCUT2D eigenvalue weighted by atomic mass is 10.3. The number of thioether (sulfide) groups is 1. The van der Waals surface area contributed by atoms with E-state index in [1.807, 2.05) is 48.5 Å². The molecule has 0 atom stereocenters. The number of nitrogens with zero attached hydrogens (tertiary/aromatic N) is 3. The molecular weight excluding hydrogens is 406 g/mol. The third-order valence-corrected chi connectivity index (χ3v) is 6.25. The molecule has 3 aromatic rings. The Balaban J connectivity index is 1.44. The molecule has 0 radical (unpaired) electrons. The molecular formula is C21H15N3O3S2. The average Bonchev–Trinajstić information content (AvgIpc) is 3.39. The number of hydrogen-bond acceptors (Lipinski definition) is 7. The first kappa shape index (κ1) is 18.0. The van der Waals surface area contributed by atoms with E-state index in [2.05, 4.69) is 16.6 Å². The third kappa shape index (κ3) is 3.41. The van der Waals surface area contributed by atoms with Crippen LogP contribution in [0.25, 0.3) is 10.2 Å². The Morgan fingerprint density at radius 1 is 1.14 bits per heavy atom. The van der Waals surface area contributed by atoms with Gasteiger partial charge in [-0.25, -0.2) is 4.98 Å². The Kier molecular flexibility index (Phi) is 4.57. The summed E-state index contributed by atoms with van der Waals surface area (Å²) in [5, 5.41) is 1.17. The molecule has 1 fully saturated rings. The number of aromatic nitrogens is 1. The second-order valence-electron chi connectivity index (χ2n) is 6.25. The van der Waals surface area contributed by atoms with Crippen molar-refractivity contribution in [1.82, 2.24) is 9.88 Å². The minimum absolute atomic E-state index is 0.155. The standard InChI is InChI=1S/C21H15N3O3S2/c1-2-11-24-19(25)17(12-18-26-14-8-4-5-9-15(14)27-18)29-21(24)23-20-22-13-7-3-6-10-16(13)28-20/h2-10,12,18H,1,11H2/b17-12-,23-21+. The Morgan fingerprint density at radius 3 is 2.59 bits per heavy atom. The molecule has 2 aliphatic rings. The highest BCUT2D eigenvalue weighted by molar-refractivity contribution is 8.18. The fraction of sp³-hybridized carbons (Fsp3) is 0.0952. The van der Waals surface area contributed by atoms with E-state index in [0.717, 1.165) is 10.2 Å². The van der Waals surface area contributed by atoms with Crippen LogP contribution in [0.15, 0.2) is 77.2 Å². The smallest absolute Gasteiger partial charge is 0.266 e. The van der Waals surface area contributed by atoms with E-state index in [-0.39, 0.29) is 5.91 Å². The van der Waals surface area contributed by atoms with Crippen molar-refractivity contribution >= 4 is 49.5 Å². The van der Waals surface area contributed by atoms with Crippen molar-refractivity contribution in [2.45, 2.75) is 6.29 Å². The Bertz CT molecular complexity index is 1130. The molecule has 8 heteroatoms. The van der Waals surface area contributed by atoms with Crippen LogP contribution in [0.5, 0.6) is 11.5 Å². The Hall–Kier alpha value is -3.10. The number of hydrogen-bond donors (Lipinski definition) is 0. The van der Waals surface area contributed by atoms with Crippen LogP contribution < -0.4 is 9.47 Å². The zero-order valence-corrected chi connectivity index (χ0v) is 16.8. The molecule has 3 heterocycles. The zero-order chi connectivity index (χ0) is 19.8. The number of thiazole rings is 1. The number of ether oxygens (including phenoxy) is 2. The highest BCUT2D eigenvalue weighted by Crippen LogP contribution is 2.38. The van der Waals surface area contributed by atoms with Gasteiger partial charge in [-0.1, -0.05) is 41.7 Å². The molecule has 0 spiro atoms. The molecule has 5 rings (SSSR count). The van der Waals surface area contributed by atoms with Gasteiger partial charge in [-0.3, -0.25) is 9.69 Å². The van der Waals surface area contributed by atoms with Gasteiger partial charge in [0, 0.05) is 12.6 Å². The van der Waals surface area contributed by atoms with Gasteiger partial charge >= 0.3 is 0 Å². The average molecular weight is 422 g/mol. The number of amides is 1. The summed E-state index contributed by atoms with van der Waals surface area (Å²) in [5.41, 5.74) is 0.891. The second-order valence-corrected chi connectivity index (χ2v) is 8.26. The number of rotatable bonds is 4. The van der Waals surface area contributed by atoms with Crippen molar-refractivity contribution in [3.05, 3.63) is 72.2 Å². The molecule has 0 saturated carbocycles. The molecule has 29 heavy (non-hydrogen) atoms. The van der Waals surface area contributed by atoms with Crippen LogP contribution >= 0.6 is 23.1 Å². The van der Waals surface area contributed by atoms with Crippen molar-refractivity contribution in [3.8, 4) is 11.5 Å². The Labute approximate surface area is 175 Å². The van der Waals surface area contributed by atoms with Crippen molar-refractivity contribution < 1.29 is 14.3 Å². The predicted molar refractivity (Wildman–Crippen MR) is 116 cm³/mol. The minimum atomic E-state index is -0.647. The highest BCUT2D eigenvalue weighted by Gasteiger charge is 2.35. The first-order valence-electron chi connectivity index (χ1n) is 8.90. The van der Waals surface area contributed by atoms with Gasteiger partial charge in [-0.2, -0.15) is 4.99 Å². The maximum atomic E-state index is 12.9. The van der Waals surface area contributed by atoms with Gasteiger partial charge in [0.05, 0.1) is 15.1 Å².